The summed E-state index contributed by atoms with van der Waals surface area (Å²) in [6, 6.07) is 12.1. The van der Waals surface area contributed by atoms with Crippen molar-refractivity contribution in [1.82, 2.24) is 0 Å². The summed E-state index contributed by atoms with van der Waals surface area (Å²) in [4.78, 5) is 12.6. The Morgan fingerprint density at radius 3 is 2.45 bits per heavy atom. The second-order valence-corrected chi connectivity index (χ2v) is 4.91. The summed E-state index contributed by atoms with van der Waals surface area (Å²) >= 11 is 0. The first-order valence-electron chi connectivity index (χ1n) is 6.40. The molecule has 3 nitrogen and oxygen atoms in total. The fraction of sp³-hybridized carbons (Fsp3) is 0.118. The van der Waals surface area contributed by atoms with Gasteiger partial charge < -0.3 is 9.52 Å². The van der Waals surface area contributed by atoms with Crippen molar-refractivity contribution in [3.05, 3.63) is 64.9 Å². The molecule has 0 aliphatic rings. The molecule has 0 bridgehead atoms. The van der Waals surface area contributed by atoms with Gasteiger partial charge in [0.05, 0.1) is 5.56 Å². The lowest BCUT2D eigenvalue weighted by Gasteiger charge is -2.01. The number of phenols is 1. The highest BCUT2D eigenvalue weighted by molar-refractivity contribution is 6.16. The number of carbonyl (C=O) groups excluding carboxylic acids is 1. The van der Waals surface area contributed by atoms with Crippen molar-refractivity contribution >= 4 is 16.8 Å². The van der Waals surface area contributed by atoms with Crippen LogP contribution in [0.3, 0.4) is 0 Å². The van der Waals surface area contributed by atoms with Crippen LogP contribution in [0.25, 0.3) is 11.0 Å². The van der Waals surface area contributed by atoms with Gasteiger partial charge >= 0.3 is 0 Å². The Kier molecular flexibility index (Phi) is 2.83. The number of aromatic hydroxyl groups is 1. The predicted octanol–water partition coefficient (Wildman–Crippen LogP) is 3.99. The number of phenolic OH excluding ortho intramolecular Hbond substituents is 1. The Bertz CT molecular complexity index is 795. The molecule has 2 aromatic carbocycles. The van der Waals surface area contributed by atoms with Crippen LogP contribution in [0.4, 0.5) is 0 Å². The van der Waals surface area contributed by atoms with Crippen LogP contribution in [0.15, 0.2) is 46.9 Å². The van der Waals surface area contributed by atoms with E-state index in [4.69, 9.17) is 4.42 Å². The quantitative estimate of drug-likeness (QED) is 0.713. The Morgan fingerprint density at radius 1 is 1.05 bits per heavy atom. The largest absolute Gasteiger partial charge is 0.508 e. The third kappa shape index (κ3) is 1.97. The molecule has 0 amide bonds. The number of fused-ring (bicyclic) bond motifs is 1. The zero-order valence-electron chi connectivity index (χ0n) is 11.3. The SMILES string of the molecule is Cc1ccc2oc(C)c(C(=O)c3ccc(O)cc3)c2c1. The molecular formula is C17H14O3. The van der Waals surface area contributed by atoms with E-state index in [9.17, 15) is 9.90 Å². The first kappa shape index (κ1) is 12.5. The summed E-state index contributed by atoms with van der Waals surface area (Å²) in [6.45, 7) is 3.78. The molecule has 3 aromatic rings. The molecule has 100 valence electrons. The van der Waals surface area contributed by atoms with Gasteiger partial charge in [0.1, 0.15) is 17.1 Å². The van der Waals surface area contributed by atoms with E-state index in [2.05, 4.69) is 0 Å². The summed E-state index contributed by atoms with van der Waals surface area (Å²) in [5, 5.41) is 10.1. The lowest BCUT2D eigenvalue weighted by atomic mass is 9.99. The Hall–Kier alpha value is -2.55. The highest BCUT2D eigenvalue weighted by Crippen LogP contribution is 2.28. The van der Waals surface area contributed by atoms with Gasteiger partial charge in [-0.2, -0.15) is 0 Å². The number of benzene rings is 2. The average Bonchev–Trinajstić information content (AvgIpc) is 2.74. The van der Waals surface area contributed by atoms with Gasteiger partial charge in [0.2, 0.25) is 0 Å². The van der Waals surface area contributed by atoms with Gasteiger partial charge in [0.25, 0.3) is 0 Å². The van der Waals surface area contributed by atoms with Crippen LogP contribution >= 0.6 is 0 Å². The molecule has 0 unspecified atom stereocenters. The van der Waals surface area contributed by atoms with Crippen molar-refractivity contribution in [2.45, 2.75) is 13.8 Å². The molecule has 3 heteroatoms. The lowest BCUT2D eigenvalue weighted by molar-refractivity contribution is 0.103. The Labute approximate surface area is 116 Å². The summed E-state index contributed by atoms with van der Waals surface area (Å²) in [5.74, 6) is 0.668. The standard InChI is InChI=1S/C17H14O3/c1-10-3-8-15-14(9-10)16(11(2)20-15)17(19)12-4-6-13(18)7-5-12/h3-9,18H,1-2H3. The van der Waals surface area contributed by atoms with Crippen LogP contribution in [-0.4, -0.2) is 10.9 Å². The number of aryl methyl sites for hydroxylation is 2. The zero-order chi connectivity index (χ0) is 14.3. The molecule has 0 radical (unpaired) electrons. The molecule has 0 spiro atoms. The molecule has 0 saturated heterocycles. The summed E-state index contributed by atoms with van der Waals surface area (Å²) in [6.07, 6.45) is 0. The number of furan rings is 1. The van der Waals surface area contributed by atoms with Crippen molar-refractivity contribution < 1.29 is 14.3 Å². The van der Waals surface area contributed by atoms with Crippen molar-refractivity contribution in [2.75, 3.05) is 0 Å². The highest BCUT2D eigenvalue weighted by atomic mass is 16.3. The topological polar surface area (TPSA) is 50.4 Å². The van der Waals surface area contributed by atoms with E-state index in [1.165, 1.54) is 12.1 Å². The smallest absolute Gasteiger partial charge is 0.197 e. The van der Waals surface area contributed by atoms with Gasteiger partial charge in [0.15, 0.2) is 5.78 Å². The van der Waals surface area contributed by atoms with Crippen LogP contribution in [0.5, 0.6) is 5.75 Å². The monoisotopic (exact) mass is 266 g/mol. The van der Waals surface area contributed by atoms with Crippen LogP contribution < -0.4 is 0 Å². The van der Waals surface area contributed by atoms with Crippen molar-refractivity contribution in [3.8, 4) is 5.75 Å². The minimum Gasteiger partial charge on any atom is -0.508 e. The summed E-state index contributed by atoms with van der Waals surface area (Å²) < 4.78 is 5.65. The summed E-state index contributed by atoms with van der Waals surface area (Å²) in [5.41, 5.74) is 2.93. The molecule has 0 saturated carbocycles. The Morgan fingerprint density at radius 2 is 1.75 bits per heavy atom. The van der Waals surface area contributed by atoms with Gasteiger partial charge in [-0.3, -0.25) is 4.79 Å². The molecule has 20 heavy (non-hydrogen) atoms. The fourth-order valence-electron chi connectivity index (χ4n) is 2.37. The number of rotatable bonds is 2. The van der Waals surface area contributed by atoms with E-state index in [0.717, 1.165) is 16.5 Å². The van der Waals surface area contributed by atoms with E-state index in [1.807, 2.05) is 25.1 Å². The van der Waals surface area contributed by atoms with Gasteiger partial charge in [-0.05, 0) is 50.2 Å². The molecule has 3 rings (SSSR count). The molecular weight excluding hydrogens is 252 g/mol. The normalized spacial score (nSPS) is 10.9. The molecule has 1 N–H and O–H groups in total. The molecule has 1 aromatic heterocycles. The van der Waals surface area contributed by atoms with Crippen LogP contribution in [-0.2, 0) is 0 Å². The number of hydrogen-bond donors (Lipinski definition) is 1. The third-order valence-electron chi connectivity index (χ3n) is 3.38. The van der Waals surface area contributed by atoms with Crippen LogP contribution in [0.1, 0.15) is 27.2 Å². The molecule has 1 heterocycles. The van der Waals surface area contributed by atoms with Crippen LogP contribution in [0, 0.1) is 13.8 Å². The van der Waals surface area contributed by atoms with E-state index in [1.54, 1.807) is 19.1 Å². The maximum absolute atomic E-state index is 12.6. The second-order valence-electron chi connectivity index (χ2n) is 4.91. The van der Waals surface area contributed by atoms with Gasteiger partial charge in [-0.25, -0.2) is 0 Å². The second kappa shape index (κ2) is 4.53. The highest BCUT2D eigenvalue weighted by Gasteiger charge is 2.19. The molecule has 0 aliphatic carbocycles. The first-order chi connectivity index (χ1) is 9.56. The minimum absolute atomic E-state index is 0.0909. The maximum Gasteiger partial charge on any atom is 0.197 e. The maximum atomic E-state index is 12.6. The number of carbonyl (C=O) groups is 1. The van der Waals surface area contributed by atoms with Crippen LogP contribution in [0.2, 0.25) is 0 Å². The van der Waals surface area contributed by atoms with Gasteiger partial charge in [-0.1, -0.05) is 11.6 Å². The molecule has 0 fully saturated rings. The van der Waals surface area contributed by atoms with E-state index in [0.29, 0.717) is 16.9 Å². The van der Waals surface area contributed by atoms with Crippen molar-refractivity contribution in [1.29, 1.82) is 0 Å². The zero-order valence-corrected chi connectivity index (χ0v) is 11.3. The number of hydrogen-bond acceptors (Lipinski definition) is 3. The Balaban J connectivity index is 2.18. The van der Waals surface area contributed by atoms with Gasteiger partial charge in [-0.15, -0.1) is 0 Å². The predicted molar refractivity (Wildman–Crippen MR) is 77.2 cm³/mol. The van der Waals surface area contributed by atoms with E-state index in [-0.39, 0.29) is 11.5 Å². The van der Waals surface area contributed by atoms with E-state index < -0.39 is 0 Å². The van der Waals surface area contributed by atoms with Crippen molar-refractivity contribution in [2.24, 2.45) is 0 Å². The summed E-state index contributed by atoms with van der Waals surface area (Å²) in [7, 11) is 0. The number of ketones is 1. The van der Waals surface area contributed by atoms with E-state index >= 15 is 0 Å². The van der Waals surface area contributed by atoms with Gasteiger partial charge in [0, 0.05) is 10.9 Å². The van der Waals surface area contributed by atoms with Crippen molar-refractivity contribution in [3.63, 3.8) is 0 Å². The molecule has 0 aliphatic heterocycles. The first-order valence-corrected chi connectivity index (χ1v) is 6.40. The fourth-order valence-corrected chi connectivity index (χ4v) is 2.37. The third-order valence-corrected chi connectivity index (χ3v) is 3.38. The lowest BCUT2D eigenvalue weighted by Crippen LogP contribution is -2.01. The molecule has 0 atom stereocenters. The average molecular weight is 266 g/mol. The minimum atomic E-state index is -0.0909.